The number of aromatic nitrogens is 3. The normalized spacial score (nSPS) is 11.7. The van der Waals surface area contributed by atoms with Crippen molar-refractivity contribution in [2.24, 2.45) is 0 Å². The Morgan fingerprint density at radius 2 is 2.00 bits per heavy atom. The molecule has 0 fully saturated rings. The molecule has 3 heterocycles. The predicted octanol–water partition coefficient (Wildman–Crippen LogP) is 3.59. The van der Waals surface area contributed by atoms with Crippen LogP contribution in [-0.4, -0.2) is 47.3 Å². The van der Waals surface area contributed by atoms with E-state index in [1.165, 1.54) is 23.5 Å². The van der Waals surface area contributed by atoms with E-state index in [2.05, 4.69) is 10.3 Å². The molecule has 0 unspecified atom stereocenters. The van der Waals surface area contributed by atoms with Crippen molar-refractivity contribution >= 4 is 27.3 Å². The molecule has 0 atom stereocenters. The number of esters is 1. The summed E-state index contributed by atoms with van der Waals surface area (Å²) < 4.78 is 39.3. The van der Waals surface area contributed by atoms with Gasteiger partial charge < -0.3 is 9.26 Å². The number of carbonyl (C=O) groups excluding carboxylic acids is 1. The Morgan fingerprint density at radius 1 is 1.22 bits per heavy atom. The van der Waals surface area contributed by atoms with E-state index in [4.69, 9.17) is 9.26 Å². The zero-order chi connectivity index (χ0) is 22.7. The second kappa shape index (κ2) is 9.07. The average Bonchev–Trinajstić information content (AvgIpc) is 3.54. The van der Waals surface area contributed by atoms with Gasteiger partial charge in [-0.3, -0.25) is 0 Å². The molecule has 0 aliphatic carbocycles. The molecule has 166 valence electrons. The predicted molar refractivity (Wildman–Crippen MR) is 118 cm³/mol. The first kappa shape index (κ1) is 21.9. The van der Waals surface area contributed by atoms with E-state index in [1.54, 1.807) is 30.1 Å². The van der Waals surface area contributed by atoms with Crippen molar-refractivity contribution in [3.63, 3.8) is 0 Å². The zero-order valence-corrected chi connectivity index (χ0v) is 19.0. The Morgan fingerprint density at radius 3 is 2.75 bits per heavy atom. The third-order valence-electron chi connectivity index (χ3n) is 4.55. The van der Waals surface area contributed by atoms with Crippen molar-refractivity contribution in [1.82, 2.24) is 19.2 Å². The third-order valence-corrected chi connectivity index (χ3v) is 7.92. The summed E-state index contributed by atoms with van der Waals surface area (Å²) in [5, 5.41) is 8.00. The molecule has 1 aromatic carbocycles. The molecule has 9 nitrogen and oxygen atoms in total. The van der Waals surface area contributed by atoms with Gasteiger partial charge in [-0.15, -0.1) is 11.3 Å². The molecule has 0 amide bonds. The van der Waals surface area contributed by atoms with Gasteiger partial charge in [-0.2, -0.15) is 9.40 Å². The number of carbonyl (C=O) groups is 1. The molecule has 0 aliphatic heterocycles. The molecule has 3 aromatic heterocycles. The molecule has 0 saturated carbocycles. The summed E-state index contributed by atoms with van der Waals surface area (Å²) in [7, 11) is -2.22. The summed E-state index contributed by atoms with van der Waals surface area (Å²) in [6.45, 7) is 2.08. The maximum absolute atomic E-state index is 13.0. The summed E-state index contributed by atoms with van der Waals surface area (Å²) in [6.07, 6.45) is 3.44. The standard InChI is InChI=1S/C21H20N4O5S2/c1-3-29-21(26)17-11-18(30-23-17)19-9-10-20(31-19)32(27,28)24(2)13-15-12-22-25(14-15)16-7-5-4-6-8-16/h4-12,14H,3,13H2,1-2H3. The third kappa shape index (κ3) is 4.49. The maximum Gasteiger partial charge on any atom is 0.360 e. The van der Waals surface area contributed by atoms with E-state index < -0.39 is 16.0 Å². The number of benzene rings is 1. The van der Waals surface area contributed by atoms with Crippen LogP contribution in [0.1, 0.15) is 23.0 Å². The molecule has 0 radical (unpaired) electrons. The van der Waals surface area contributed by atoms with E-state index in [0.29, 0.717) is 10.6 Å². The molecule has 0 spiro atoms. The minimum Gasteiger partial charge on any atom is -0.461 e. The number of hydrogen-bond donors (Lipinski definition) is 0. The van der Waals surface area contributed by atoms with Crippen molar-refractivity contribution in [2.45, 2.75) is 17.7 Å². The van der Waals surface area contributed by atoms with Gasteiger partial charge in [0.25, 0.3) is 10.0 Å². The first-order valence-corrected chi connectivity index (χ1v) is 11.9. The SMILES string of the molecule is CCOC(=O)c1cc(-c2ccc(S(=O)(=O)N(C)Cc3cnn(-c4ccccc4)c3)s2)on1. The number of rotatable bonds is 8. The Labute approximate surface area is 188 Å². The van der Waals surface area contributed by atoms with Crippen molar-refractivity contribution in [3.05, 3.63) is 72.2 Å². The Hall–Kier alpha value is -3.28. The molecular formula is C21H20N4O5S2. The fourth-order valence-corrected chi connectivity index (χ4v) is 5.57. The van der Waals surface area contributed by atoms with Gasteiger partial charge in [0.15, 0.2) is 11.5 Å². The molecule has 4 rings (SSSR count). The quantitative estimate of drug-likeness (QED) is 0.361. The van der Waals surface area contributed by atoms with E-state index >= 15 is 0 Å². The van der Waals surface area contributed by atoms with Gasteiger partial charge in [0, 0.05) is 31.4 Å². The Kier molecular flexibility index (Phi) is 6.21. The highest BCUT2D eigenvalue weighted by Gasteiger charge is 2.25. The number of ether oxygens (including phenoxy) is 1. The van der Waals surface area contributed by atoms with Gasteiger partial charge in [-0.25, -0.2) is 17.9 Å². The fourth-order valence-electron chi connectivity index (χ4n) is 2.94. The van der Waals surface area contributed by atoms with E-state index in [1.807, 2.05) is 30.3 Å². The van der Waals surface area contributed by atoms with Crippen molar-refractivity contribution in [1.29, 1.82) is 0 Å². The fraction of sp³-hybridized carbons (Fsp3) is 0.190. The van der Waals surface area contributed by atoms with Crippen molar-refractivity contribution in [3.8, 4) is 16.3 Å². The highest BCUT2D eigenvalue weighted by Crippen LogP contribution is 2.33. The van der Waals surface area contributed by atoms with Crippen molar-refractivity contribution < 1.29 is 22.5 Å². The Balaban J connectivity index is 1.49. The second-order valence-corrected chi connectivity index (χ2v) is 10.2. The van der Waals surface area contributed by atoms with E-state index in [9.17, 15) is 13.2 Å². The lowest BCUT2D eigenvalue weighted by atomic mass is 10.3. The number of thiophene rings is 1. The average molecular weight is 473 g/mol. The second-order valence-electron chi connectivity index (χ2n) is 6.81. The molecule has 0 aliphatic rings. The molecule has 0 saturated heterocycles. The lowest BCUT2D eigenvalue weighted by Crippen LogP contribution is -2.25. The minimum absolute atomic E-state index is 0.0344. The van der Waals surface area contributed by atoms with Gasteiger partial charge in [0.2, 0.25) is 0 Å². The lowest BCUT2D eigenvalue weighted by molar-refractivity contribution is 0.0514. The van der Waals surface area contributed by atoms with Crippen molar-refractivity contribution in [2.75, 3.05) is 13.7 Å². The Bertz CT molecular complexity index is 1320. The zero-order valence-electron chi connectivity index (χ0n) is 17.3. The highest BCUT2D eigenvalue weighted by atomic mass is 32.2. The monoisotopic (exact) mass is 472 g/mol. The van der Waals surface area contributed by atoms with Crippen LogP contribution in [0.2, 0.25) is 0 Å². The topological polar surface area (TPSA) is 108 Å². The van der Waals surface area contributed by atoms with Crippen LogP contribution in [0.15, 0.2) is 69.7 Å². The van der Waals surface area contributed by atoms with Crippen LogP contribution in [0.4, 0.5) is 0 Å². The van der Waals surface area contributed by atoms with Crippen LogP contribution in [-0.2, 0) is 21.3 Å². The molecule has 11 heteroatoms. The number of hydrogen-bond acceptors (Lipinski definition) is 8. The first-order valence-electron chi connectivity index (χ1n) is 9.68. The van der Waals surface area contributed by atoms with Crippen LogP contribution in [0.3, 0.4) is 0 Å². The molecule has 32 heavy (non-hydrogen) atoms. The van der Waals surface area contributed by atoms with Crippen LogP contribution >= 0.6 is 11.3 Å². The number of sulfonamides is 1. The molecular weight excluding hydrogens is 452 g/mol. The van der Waals surface area contributed by atoms with Gasteiger partial charge in [-0.1, -0.05) is 23.4 Å². The summed E-state index contributed by atoms with van der Waals surface area (Å²) in [5.74, 6) is -0.297. The van der Waals surface area contributed by atoms with E-state index in [-0.39, 0.29) is 23.1 Å². The molecule has 0 N–H and O–H groups in total. The van der Waals surface area contributed by atoms with Crippen LogP contribution < -0.4 is 0 Å². The summed E-state index contributed by atoms with van der Waals surface area (Å²) in [5.41, 5.74) is 1.68. The molecule has 0 bridgehead atoms. The summed E-state index contributed by atoms with van der Waals surface area (Å²) >= 11 is 1.04. The molecule has 4 aromatic rings. The van der Waals surface area contributed by atoms with Crippen LogP contribution in [0.5, 0.6) is 0 Å². The van der Waals surface area contributed by atoms with Crippen LogP contribution in [0, 0.1) is 0 Å². The smallest absolute Gasteiger partial charge is 0.360 e. The minimum atomic E-state index is -3.74. The van der Waals surface area contributed by atoms with Gasteiger partial charge in [0.1, 0.15) is 4.21 Å². The summed E-state index contributed by atoms with van der Waals surface area (Å²) in [6, 6.07) is 14.1. The lowest BCUT2D eigenvalue weighted by Gasteiger charge is -2.14. The number of nitrogens with zero attached hydrogens (tertiary/aromatic N) is 4. The van der Waals surface area contributed by atoms with Gasteiger partial charge in [-0.05, 0) is 31.2 Å². The van der Waals surface area contributed by atoms with Gasteiger partial charge in [0.05, 0.1) is 23.4 Å². The maximum atomic E-state index is 13.0. The largest absolute Gasteiger partial charge is 0.461 e. The first-order chi connectivity index (χ1) is 15.4. The van der Waals surface area contributed by atoms with Gasteiger partial charge >= 0.3 is 5.97 Å². The highest BCUT2D eigenvalue weighted by molar-refractivity contribution is 7.91. The van der Waals surface area contributed by atoms with Crippen LogP contribution in [0.25, 0.3) is 16.3 Å². The number of para-hydroxylation sites is 1. The van der Waals surface area contributed by atoms with E-state index in [0.717, 1.165) is 22.6 Å². The summed E-state index contributed by atoms with van der Waals surface area (Å²) in [4.78, 5) is 12.3.